The highest BCUT2D eigenvalue weighted by Gasteiger charge is 2.24. The van der Waals surface area contributed by atoms with Crippen molar-refractivity contribution in [2.75, 3.05) is 11.4 Å². The number of carbonyl (C=O) groups excluding carboxylic acids is 1. The summed E-state index contributed by atoms with van der Waals surface area (Å²) in [6.45, 7) is -2.40. The smallest absolute Gasteiger partial charge is 0.387 e. The molecule has 1 N–H and O–H groups in total. The zero-order valence-corrected chi connectivity index (χ0v) is 13.8. The summed E-state index contributed by atoms with van der Waals surface area (Å²) in [6, 6.07) is 10.9. The van der Waals surface area contributed by atoms with Crippen LogP contribution in [0.25, 0.3) is 0 Å². The molecule has 0 aromatic heterocycles. The molecule has 2 aromatic carbocycles. The molecule has 7 heteroatoms. The molecular weight excluding hydrogens is 344 g/mol. The van der Waals surface area contributed by atoms with Crippen molar-refractivity contribution in [3.8, 4) is 5.75 Å². The lowest BCUT2D eigenvalue weighted by Crippen LogP contribution is -2.36. The van der Waals surface area contributed by atoms with Crippen LogP contribution >= 0.6 is 0 Å². The van der Waals surface area contributed by atoms with Gasteiger partial charge in [0.1, 0.15) is 5.75 Å². The number of aromatic carboxylic acids is 1. The Hall–Kier alpha value is -2.96. The van der Waals surface area contributed by atoms with Crippen molar-refractivity contribution in [3.63, 3.8) is 0 Å². The Bertz CT molecular complexity index is 838. The molecule has 26 heavy (non-hydrogen) atoms. The van der Waals surface area contributed by atoms with Crippen molar-refractivity contribution >= 4 is 17.6 Å². The first-order valence-corrected chi connectivity index (χ1v) is 8.15. The number of rotatable bonds is 5. The van der Waals surface area contributed by atoms with Gasteiger partial charge in [-0.05, 0) is 48.2 Å². The van der Waals surface area contributed by atoms with Gasteiger partial charge >= 0.3 is 12.6 Å². The molecule has 0 fully saturated rings. The molecule has 0 unspecified atom stereocenters. The van der Waals surface area contributed by atoms with Gasteiger partial charge in [-0.15, -0.1) is 0 Å². The Morgan fingerprint density at radius 1 is 1.19 bits per heavy atom. The molecule has 3 rings (SSSR count). The zero-order valence-electron chi connectivity index (χ0n) is 13.8. The third kappa shape index (κ3) is 3.82. The number of alkyl halides is 2. The van der Waals surface area contributed by atoms with E-state index in [1.165, 1.54) is 18.2 Å². The predicted octanol–water partition coefficient (Wildman–Crippen LogP) is 3.51. The van der Waals surface area contributed by atoms with Crippen LogP contribution < -0.4 is 9.64 Å². The Balaban J connectivity index is 1.83. The monoisotopic (exact) mass is 361 g/mol. The number of benzene rings is 2. The molecule has 0 atom stereocenters. The van der Waals surface area contributed by atoms with Gasteiger partial charge in [-0.2, -0.15) is 8.78 Å². The predicted molar refractivity (Wildman–Crippen MR) is 90.9 cm³/mol. The quantitative estimate of drug-likeness (QED) is 0.885. The Morgan fingerprint density at radius 2 is 1.96 bits per heavy atom. The van der Waals surface area contributed by atoms with Gasteiger partial charge in [-0.3, -0.25) is 4.79 Å². The molecule has 136 valence electrons. The second kappa shape index (κ2) is 7.51. The molecular formula is C19H17F2NO4. The molecule has 0 aliphatic carbocycles. The van der Waals surface area contributed by atoms with E-state index in [0.717, 1.165) is 5.56 Å². The number of amides is 1. The summed E-state index contributed by atoms with van der Waals surface area (Å²) in [4.78, 5) is 25.6. The van der Waals surface area contributed by atoms with E-state index in [4.69, 9.17) is 0 Å². The number of ether oxygens (including phenoxy) is 1. The summed E-state index contributed by atoms with van der Waals surface area (Å²) >= 11 is 0. The largest absolute Gasteiger partial charge is 0.478 e. The van der Waals surface area contributed by atoms with Crippen molar-refractivity contribution in [3.05, 3.63) is 59.2 Å². The van der Waals surface area contributed by atoms with Crippen LogP contribution in [0.5, 0.6) is 5.75 Å². The number of carbonyl (C=O) groups is 2. The number of aryl methyl sites for hydroxylation is 1. The minimum Gasteiger partial charge on any atom is -0.478 e. The van der Waals surface area contributed by atoms with E-state index in [0.29, 0.717) is 30.6 Å². The number of hydrogen-bond donors (Lipinski definition) is 1. The Morgan fingerprint density at radius 3 is 2.69 bits per heavy atom. The van der Waals surface area contributed by atoms with E-state index in [1.54, 1.807) is 29.2 Å². The molecule has 2 aromatic rings. The summed E-state index contributed by atoms with van der Waals surface area (Å²) < 4.78 is 29.1. The minimum absolute atomic E-state index is 0.0444. The van der Waals surface area contributed by atoms with Gasteiger partial charge in [0, 0.05) is 12.2 Å². The average molecular weight is 361 g/mol. The van der Waals surface area contributed by atoms with Crippen LogP contribution in [0.1, 0.15) is 27.9 Å². The summed E-state index contributed by atoms with van der Waals surface area (Å²) in [6.07, 6.45) is 1.31. The first-order chi connectivity index (χ1) is 12.5. The highest BCUT2D eigenvalue weighted by Crippen LogP contribution is 2.31. The summed E-state index contributed by atoms with van der Waals surface area (Å²) in [7, 11) is 0. The number of anilines is 1. The molecule has 0 bridgehead atoms. The molecule has 1 amide bonds. The van der Waals surface area contributed by atoms with Crippen LogP contribution in [0, 0.1) is 0 Å². The van der Waals surface area contributed by atoms with E-state index in [1.807, 2.05) is 0 Å². The maximum absolute atomic E-state index is 12.7. The highest BCUT2D eigenvalue weighted by atomic mass is 19.3. The van der Waals surface area contributed by atoms with Gasteiger partial charge in [0.15, 0.2) is 0 Å². The van der Waals surface area contributed by atoms with Gasteiger partial charge in [-0.25, -0.2) is 4.79 Å². The second-order valence-electron chi connectivity index (χ2n) is 5.96. The fourth-order valence-corrected chi connectivity index (χ4v) is 3.15. The molecule has 0 saturated carbocycles. The van der Waals surface area contributed by atoms with E-state index in [-0.39, 0.29) is 23.6 Å². The average Bonchev–Trinajstić information content (AvgIpc) is 2.60. The molecule has 1 heterocycles. The third-order valence-electron chi connectivity index (χ3n) is 4.29. The Kier molecular flexibility index (Phi) is 5.16. The minimum atomic E-state index is -2.90. The molecule has 5 nitrogen and oxygen atoms in total. The molecule has 0 radical (unpaired) electrons. The Labute approximate surface area is 148 Å². The summed E-state index contributed by atoms with van der Waals surface area (Å²) in [5, 5.41) is 9.25. The number of carboxylic acids is 1. The van der Waals surface area contributed by atoms with E-state index in [2.05, 4.69) is 4.74 Å². The van der Waals surface area contributed by atoms with Crippen molar-refractivity contribution < 1.29 is 28.2 Å². The number of hydrogen-bond acceptors (Lipinski definition) is 3. The van der Waals surface area contributed by atoms with Gasteiger partial charge in [0.25, 0.3) is 0 Å². The standard InChI is InChI=1S/C19H17F2NO4/c20-19(21)26-14-7-8-16-13(10-14)5-3-9-22(16)17(23)11-12-4-1-2-6-15(12)18(24)25/h1-2,4,6-8,10,19H,3,5,9,11H2,(H,24,25). The van der Waals surface area contributed by atoms with Gasteiger partial charge < -0.3 is 14.7 Å². The molecule has 1 aliphatic rings. The number of fused-ring (bicyclic) bond motifs is 1. The lowest BCUT2D eigenvalue weighted by atomic mass is 9.99. The summed E-state index contributed by atoms with van der Waals surface area (Å²) in [5.74, 6) is -1.26. The number of nitrogens with zero attached hydrogens (tertiary/aromatic N) is 1. The maximum Gasteiger partial charge on any atom is 0.387 e. The number of carboxylic acid groups (broad SMARTS) is 1. The van der Waals surface area contributed by atoms with Crippen LogP contribution in [-0.2, 0) is 17.6 Å². The van der Waals surface area contributed by atoms with Crippen molar-refractivity contribution in [2.24, 2.45) is 0 Å². The topological polar surface area (TPSA) is 66.8 Å². The van der Waals surface area contributed by atoms with E-state index >= 15 is 0 Å². The SMILES string of the molecule is O=C(O)c1ccccc1CC(=O)N1CCCc2cc(OC(F)F)ccc21. The van der Waals surface area contributed by atoms with Crippen LogP contribution in [0.3, 0.4) is 0 Å². The van der Waals surface area contributed by atoms with Crippen LogP contribution in [0.4, 0.5) is 14.5 Å². The van der Waals surface area contributed by atoms with Crippen molar-refractivity contribution in [2.45, 2.75) is 25.9 Å². The van der Waals surface area contributed by atoms with Gasteiger partial charge in [0.05, 0.1) is 12.0 Å². The van der Waals surface area contributed by atoms with Gasteiger partial charge in [-0.1, -0.05) is 18.2 Å². The molecule has 1 aliphatic heterocycles. The number of halogens is 2. The highest BCUT2D eigenvalue weighted by molar-refractivity contribution is 5.98. The maximum atomic E-state index is 12.7. The van der Waals surface area contributed by atoms with Gasteiger partial charge in [0.2, 0.25) is 5.91 Å². The summed E-state index contributed by atoms with van der Waals surface area (Å²) in [5.41, 5.74) is 1.94. The van der Waals surface area contributed by atoms with Crippen LogP contribution in [0.15, 0.2) is 42.5 Å². The van der Waals surface area contributed by atoms with Crippen LogP contribution in [-0.4, -0.2) is 30.1 Å². The first-order valence-electron chi connectivity index (χ1n) is 8.15. The fraction of sp³-hybridized carbons (Fsp3) is 0.263. The molecule has 0 spiro atoms. The normalized spacial score (nSPS) is 13.4. The van der Waals surface area contributed by atoms with E-state index in [9.17, 15) is 23.5 Å². The lowest BCUT2D eigenvalue weighted by molar-refractivity contribution is -0.118. The molecule has 0 saturated heterocycles. The van der Waals surface area contributed by atoms with Crippen molar-refractivity contribution in [1.82, 2.24) is 0 Å². The first kappa shape index (κ1) is 17.8. The third-order valence-corrected chi connectivity index (χ3v) is 4.29. The zero-order chi connectivity index (χ0) is 18.7. The van der Waals surface area contributed by atoms with Crippen molar-refractivity contribution in [1.29, 1.82) is 0 Å². The fourth-order valence-electron chi connectivity index (χ4n) is 3.15. The second-order valence-corrected chi connectivity index (χ2v) is 5.96. The van der Waals surface area contributed by atoms with Crippen LogP contribution in [0.2, 0.25) is 0 Å². The lowest BCUT2D eigenvalue weighted by Gasteiger charge is -2.30. The van der Waals surface area contributed by atoms with E-state index < -0.39 is 12.6 Å².